The first-order valence-electron chi connectivity index (χ1n) is 6.10. The Morgan fingerprint density at radius 1 is 1.21 bits per heavy atom. The summed E-state index contributed by atoms with van der Waals surface area (Å²) >= 11 is 5.00. The van der Waals surface area contributed by atoms with Crippen molar-refractivity contribution in [1.29, 1.82) is 0 Å². The minimum Gasteiger partial charge on any atom is -0.427 e. The van der Waals surface area contributed by atoms with Crippen molar-refractivity contribution in [2.24, 2.45) is 5.92 Å². The lowest BCUT2D eigenvalue weighted by molar-refractivity contribution is -0.154. The molecule has 0 aliphatic rings. The van der Waals surface area contributed by atoms with Gasteiger partial charge in [0, 0.05) is 11.6 Å². The summed E-state index contributed by atoms with van der Waals surface area (Å²) in [5, 5.41) is 0. The van der Waals surface area contributed by atoms with Crippen molar-refractivity contribution in [1.82, 2.24) is 0 Å². The summed E-state index contributed by atoms with van der Waals surface area (Å²) in [4.78, 5) is 22.5. The number of hydrogen-bond donors (Lipinski definition) is 0. The molecule has 4 nitrogen and oxygen atoms in total. The number of halogens is 1. The predicted octanol–water partition coefficient (Wildman–Crippen LogP) is 3.69. The van der Waals surface area contributed by atoms with Gasteiger partial charge in [-0.2, -0.15) is 0 Å². The Morgan fingerprint density at radius 2 is 1.84 bits per heavy atom. The van der Waals surface area contributed by atoms with Gasteiger partial charge in [0.1, 0.15) is 0 Å². The minimum atomic E-state index is -0.993. The van der Waals surface area contributed by atoms with E-state index in [1.807, 2.05) is 44.2 Å². The number of carbonyl (C=O) groups is 2. The number of esters is 1. The molecule has 0 saturated carbocycles. The number of benzene rings is 1. The summed E-state index contributed by atoms with van der Waals surface area (Å²) < 4.78 is 9.32. The molecule has 0 N–H and O–H groups in total. The molecule has 1 aromatic rings. The fourth-order valence-corrected chi connectivity index (χ4v) is 1.86. The second-order valence-corrected chi connectivity index (χ2v) is 4.55. The normalized spacial score (nSPS) is 13.4. The highest BCUT2D eigenvalue weighted by molar-refractivity contribution is 6.61. The third-order valence-electron chi connectivity index (χ3n) is 3.00. The standard InChI is InChI=1S/C14H17ClO4/c1-3-10(2)12(11-7-5-4-6-8-11)13(16)18-9-19-14(15)17/h4-8,10,12H,3,9H2,1-2H3. The number of rotatable bonds is 6. The van der Waals surface area contributed by atoms with E-state index in [1.165, 1.54) is 0 Å². The van der Waals surface area contributed by atoms with Crippen molar-refractivity contribution in [3.63, 3.8) is 0 Å². The predicted molar refractivity (Wildman–Crippen MR) is 71.9 cm³/mol. The SMILES string of the molecule is CCC(C)C(C(=O)OCOC(=O)Cl)c1ccccc1. The maximum Gasteiger partial charge on any atom is 0.406 e. The molecule has 1 rings (SSSR count). The van der Waals surface area contributed by atoms with Gasteiger partial charge < -0.3 is 9.47 Å². The Bertz CT molecular complexity index is 419. The van der Waals surface area contributed by atoms with Gasteiger partial charge in [0.25, 0.3) is 0 Å². The van der Waals surface area contributed by atoms with Crippen LogP contribution in [-0.4, -0.2) is 18.2 Å². The van der Waals surface area contributed by atoms with Crippen LogP contribution in [0.4, 0.5) is 4.79 Å². The van der Waals surface area contributed by atoms with E-state index in [0.717, 1.165) is 12.0 Å². The highest BCUT2D eigenvalue weighted by atomic mass is 35.5. The van der Waals surface area contributed by atoms with Crippen molar-refractivity contribution >= 4 is 23.0 Å². The molecule has 2 unspecified atom stereocenters. The van der Waals surface area contributed by atoms with Crippen LogP contribution in [0.3, 0.4) is 0 Å². The van der Waals surface area contributed by atoms with Gasteiger partial charge in [0.15, 0.2) is 0 Å². The molecule has 104 valence electrons. The molecule has 0 fully saturated rings. The van der Waals surface area contributed by atoms with E-state index in [9.17, 15) is 9.59 Å². The lowest BCUT2D eigenvalue weighted by Crippen LogP contribution is -2.23. The molecule has 2 atom stereocenters. The smallest absolute Gasteiger partial charge is 0.406 e. The van der Waals surface area contributed by atoms with E-state index in [0.29, 0.717) is 0 Å². The maximum absolute atomic E-state index is 12.1. The van der Waals surface area contributed by atoms with Crippen LogP contribution in [0.5, 0.6) is 0 Å². The summed E-state index contributed by atoms with van der Waals surface area (Å²) in [6.45, 7) is 3.53. The van der Waals surface area contributed by atoms with Crippen LogP contribution < -0.4 is 0 Å². The first-order valence-corrected chi connectivity index (χ1v) is 6.47. The van der Waals surface area contributed by atoms with E-state index in [1.54, 1.807) is 0 Å². The highest BCUT2D eigenvalue weighted by Crippen LogP contribution is 2.28. The minimum absolute atomic E-state index is 0.126. The molecule has 5 heteroatoms. The van der Waals surface area contributed by atoms with Crippen LogP contribution in [0.1, 0.15) is 31.7 Å². The fraction of sp³-hybridized carbons (Fsp3) is 0.429. The fourth-order valence-electron chi connectivity index (χ4n) is 1.82. The Morgan fingerprint density at radius 3 is 2.37 bits per heavy atom. The molecule has 0 bridgehead atoms. The van der Waals surface area contributed by atoms with Crippen molar-refractivity contribution in [2.75, 3.05) is 6.79 Å². The highest BCUT2D eigenvalue weighted by Gasteiger charge is 2.27. The molecule has 0 aliphatic carbocycles. The Balaban J connectivity index is 2.75. The summed E-state index contributed by atoms with van der Waals surface area (Å²) in [5.74, 6) is -0.666. The van der Waals surface area contributed by atoms with Crippen LogP contribution in [-0.2, 0) is 14.3 Å². The molecule has 1 aromatic carbocycles. The topological polar surface area (TPSA) is 52.6 Å². The number of ether oxygens (including phenoxy) is 2. The zero-order chi connectivity index (χ0) is 14.3. The molecule has 0 radical (unpaired) electrons. The summed E-state index contributed by atoms with van der Waals surface area (Å²) in [6.07, 6.45) is 0.837. The maximum atomic E-state index is 12.1. The zero-order valence-electron chi connectivity index (χ0n) is 11.0. The van der Waals surface area contributed by atoms with E-state index >= 15 is 0 Å². The zero-order valence-corrected chi connectivity index (χ0v) is 11.7. The Hall–Kier alpha value is -1.55. The molecule has 0 aliphatic heterocycles. The van der Waals surface area contributed by atoms with Crippen LogP contribution in [0.25, 0.3) is 0 Å². The van der Waals surface area contributed by atoms with Crippen molar-refractivity contribution in [3.05, 3.63) is 35.9 Å². The lowest BCUT2D eigenvalue weighted by atomic mass is 9.86. The molecule has 0 amide bonds. The average Bonchev–Trinajstić information content (AvgIpc) is 2.39. The first-order chi connectivity index (χ1) is 9.06. The van der Waals surface area contributed by atoms with E-state index in [2.05, 4.69) is 4.74 Å². The number of carbonyl (C=O) groups excluding carboxylic acids is 2. The molecule has 0 heterocycles. The van der Waals surface area contributed by atoms with Crippen molar-refractivity contribution < 1.29 is 19.1 Å². The lowest BCUT2D eigenvalue weighted by Gasteiger charge is -2.21. The molecule has 19 heavy (non-hydrogen) atoms. The molecular formula is C14H17ClO4. The van der Waals surface area contributed by atoms with Crippen molar-refractivity contribution in [2.45, 2.75) is 26.2 Å². The van der Waals surface area contributed by atoms with Crippen LogP contribution in [0.15, 0.2) is 30.3 Å². The Labute approximate surface area is 117 Å². The van der Waals surface area contributed by atoms with Gasteiger partial charge in [0.05, 0.1) is 5.92 Å². The van der Waals surface area contributed by atoms with E-state index < -0.39 is 18.2 Å². The third kappa shape index (κ3) is 4.91. The van der Waals surface area contributed by atoms with Crippen molar-refractivity contribution in [3.8, 4) is 0 Å². The summed E-state index contributed by atoms with van der Waals surface area (Å²) in [7, 11) is 0. The van der Waals surface area contributed by atoms with Crippen LogP contribution in [0, 0.1) is 5.92 Å². The largest absolute Gasteiger partial charge is 0.427 e. The molecule has 0 aromatic heterocycles. The quantitative estimate of drug-likeness (QED) is 0.454. The second kappa shape index (κ2) is 7.79. The molecule has 0 spiro atoms. The van der Waals surface area contributed by atoms with E-state index in [-0.39, 0.29) is 11.8 Å². The van der Waals surface area contributed by atoms with Gasteiger partial charge >= 0.3 is 11.4 Å². The van der Waals surface area contributed by atoms with Gasteiger partial charge in [-0.3, -0.25) is 4.79 Å². The average molecular weight is 285 g/mol. The monoisotopic (exact) mass is 284 g/mol. The Kier molecular flexibility index (Phi) is 6.36. The van der Waals surface area contributed by atoms with E-state index in [4.69, 9.17) is 16.3 Å². The van der Waals surface area contributed by atoms with Gasteiger partial charge in [-0.05, 0) is 11.5 Å². The second-order valence-electron chi connectivity index (χ2n) is 4.24. The van der Waals surface area contributed by atoms with Crippen LogP contribution in [0.2, 0.25) is 0 Å². The van der Waals surface area contributed by atoms with Gasteiger partial charge in [0.2, 0.25) is 6.79 Å². The summed E-state index contributed by atoms with van der Waals surface area (Å²) in [6, 6.07) is 9.39. The van der Waals surface area contributed by atoms with Gasteiger partial charge in [-0.25, -0.2) is 4.79 Å². The third-order valence-corrected chi connectivity index (χ3v) is 3.11. The first kappa shape index (κ1) is 15.5. The molecular weight excluding hydrogens is 268 g/mol. The van der Waals surface area contributed by atoms with Crippen LogP contribution >= 0.6 is 11.6 Å². The summed E-state index contributed by atoms with van der Waals surface area (Å²) in [5.41, 5.74) is -0.105. The van der Waals surface area contributed by atoms with Gasteiger partial charge in [-0.15, -0.1) is 0 Å². The van der Waals surface area contributed by atoms with Gasteiger partial charge in [-0.1, -0.05) is 50.6 Å². The molecule has 0 saturated heterocycles. The number of hydrogen-bond acceptors (Lipinski definition) is 4.